The lowest BCUT2D eigenvalue weighted by atomic mass is 10.3. The highest BCUT2D eigenvalue weighted by Gasteiger charge is 2.08. The molecule has 0 atom stereocenters. The fourth-order valence-corrected chi connectivity index (χ4v) is 2.76. The van der Waals surface area contributed by atoms with Crippen molar-refractivity contribution in [1.29, 1.82) is 0 Å². The summed E-state index contributed by atoms with van der Waals surface area (Å²) in [6.45, 7) is 2.38. The number of carbonyl (C=O) groups excluding carboxylic acids is 1. The number of carboxylic acids is 1. The molecule has 7 heteroatoms. The van der Waals surface area contributed by atoms with Gasteiger partial charge >= 0.3 is 5.97 Å². The van der Waals surface area contributed by atoms with Crippen LogP contribution in [0.5, 0.6) is 11.5 Å². The number of anilines is 1. The molecule has 2 N–H and O–H groups in total. The van der Waals surface area contributed by atoms with E-state index in [0.717, 1.165) is 30.9 Å². The van der Waals surface area contributed by atoms with Crippen molar-refractivity contribution in [1.82, 2.24) is 9.80 Å². The third-order valence-electron chi connectivity index (χ3n) is 4.32. The molecule has 0 fully saturated rings. The minimum Gasteiger partial charge on any atom is -0.481 e. The first-order chi connectivity index (χ1) is 13.9. The van der Waals surface area contributed by atoms with Gasteiger partial charge in [-0.1, -0.05) is 18.2 Å². The van der Waals surface area contributed by atoms with Gasteiger partial charge in [-0.3, -0.25) is 14.5 Å². The second-order valence-corrected chi connectivity index (χ2v) is 7.03. The van der Waals surface area contributed by atoms with Gasteiger partial charge in [-0.25, -0.2) is 0 Å². The molecule has 7 nitrogen and oxygen atoms in total. The van der Waals surface area contributed by atoms with Crippen molar-refractivity contribution < 1.29 is 19.4 Å². The van der Waals surface area contributed by atoms with Crippen LogP contribution in [-0.4, -0.2) is 67.1 Å². The van der Waals surface area contributed by atoms with E-state index >= 15 is 0 Å². The molecule has 1 amide bonds. The van der Waals surface area contributed by atoms with E-state index in [-0.39, 0.29) is 12.3 Å². The lowest BCUT2D eigenvalue weighted by molar-refractivity contribution is -0.137. The Labute approximate surface area is 171 Å². The van der Waals surface area contributed by atoms with Gasteiger partial charge in [0.25, 0.3) is 0 Å². The summed E-state index contributed by atoms with van der Waals surface area (Å²) in [5, 5.41) is 11.6. The highest BCUT2D eigenvalue weighted by Crippen LogP contribution is 2.22. The maximum atomic E-state index is 12.2. The Morgan fingerprint density at radius 3 is 2.17 bits per heavy atom. The van der Waals surface area contributed by atoms with Crippen LogP contribution in [0.15, 0.2) is 54.6 Å². The highest BCUT2D eigenvalue weighted by molar-refractivity contribution is 5.92. The van der Waals surface area contributed by atoms with Gasteiger partial charge in [0, 0.05) is 12.2 Å². The number of benzene rings is 2. The Balaban J connectivity index is 1.68. The summed E-state index contributed by atoms with van der Waals surface area (Å²) in [7, 11) is 3.80. The third kappa shape index (κ3) is 9.23. The number of para-hydroxylation sites is 1. The van der Waals surface area contributed by atoms with Gasteiger partial charge in [-0.2, -0.15) is 0 Å². The first-order valence-corrected chi connectivity index (χ1v) is 9.64. The number of amides is 1. The van der Waals surface area contributed by atoms with E-state index in [1.54, 1.807) is 0 Å². The zero-order chi connectivity index (χ0) is 21.1. The molecule has 0 unspecified atom stereocenters. The molecule has 2 aromatic rings. The number of likely N-dealkylation sites (N-methyl/N-ethyl adjacent to an activating group) is 1. The van der Waals surface area contributed by atoms with Gasteiger partial charge in [0.05, 0.1) is 13.0 Å². The van der Waals surface area contributed by atoms with E-state index < -0.39 is 5.97 Å². The number of ether oxygens (including phenoxy) is 1. The van der Waals surface area contributed by atoms with E-state index in [0.29, 0.717) is 18.8 Å². The van der Waals surface area contributed by atoms with E-state index in [2.05, 4.69) is 5.32 Å². The summed E-state index contributed by atoms with van der Waals surface area (Å²) in [6.07, 6.45) is 1.01. The molecule has 0 bridgehead atoms. The SMILES string of the molecule is CN(CCCN(C)CC(=O)Nc1ccc(Oc2ccccc2)cc1)CCC(=O)O. The Hall–Kier alpha value is -2.90. The number of carboxylic acid groups (broad SMARTS) is 1. The monoisotopic (exact) mass is 399 g/mol. The van der Waals surface area contributed by atoms with Crippen molar-refractivity contribution in [2.24, 2.45) is 0 Å². The van der Waals surface area contributed by atoms with Crippen LogP contribution in [0.2, 0.25) is 0 Å². The van der Waals surface area contributed by atoms with Gasteiger partial charge < -0.3 is 20.1 Å². The second kappa shape index (κ2) is 11.8. The predicted octanol–water partition coefficient (Wildman–Crippen LogP) is 3.15. The van der Waals surface area contributed by atoms with Gasteiger partial charge in [0.2, 0.25) is 5.91 Å². The van der Waals surface area contributed by atoms with Crippen molar-refractivity contribution >= 4 is 17.6 Å². The molecule has 2 rings (SSSR count). The van der Waals surface area contributed by atoms with Crippen LogP contribution in [0.25, 0.3) is 0 Å². The molecule has 0 saturated carbocycles. The number of nitrogens with one attached hydrogen (secondary N) is 1. The minimum absolute atomic E-state index is 0.0801. The third-order valence-corrected chi connectivity index (χ3v) is 4.32. The van der Waals surface area contributed by atoms with Crippen LogP contribution in [0.1, 0.15) is 12.8 Å². The summed E-state index contributed by atoms with van der Waals surface area (Å²) in [4.78, 5) is 26.7. The Morgan fingerprint density at radius 1 is 0.897 bits per heavy atom. The van der Waals surface area contributed by atoms with Crippen LogP contribution in [-0.2, 0) is 9.59 Å². The van der Waals surface area contributed by atoms with E-state index in [9.17, 15) is 9.59 Å². The quantitative estimate of drug-likeness (QED) is 0.571. The Morgan fingerprint density at radius 2 is 1.52 bits per heavy atom. The maximum Gasteiger partial charge on any atom is 0.304 e. The summed E-state index contributed by atoms with van der Waals surface area (Å²) in [6, 6.07) is 16.8. The number of aliphatic carboxylic acids is 1. The molecular weight excluding hydrogens is 370 g/mol. The summed E-state index contributed by atoms with van der Waals surface area (Å²) in [5.41, 5.74) is 0.720. The summed E-state index contributed by atoms with van der Waals surface area (Å²) in [5.74, 6) is 0.603. The van der Waals surface area contributed by atoms with Crippen LogP contribution in [0.3, 0.4) is 0 Å². The van der Waals surface area contributed by atoms with Crippen molar-refractivity contribution in [3.05, 3.63) is 54.6 Å². The van der Waals surface area contributed by atoms with Gasteiger partial charge in [0.1, 0.15) is 11.5 Å². The molecule has 0 saturated heterocycles. The van der Waals surface area contributed by atoms with Crippen molar-refractivity contribution in [3.8, 4) is 11.5 Å². The van der Waals surface area contributed by atoms with E-state index in [4.69, 9.17) is 9.84 Å². The molecule has 0 heterocycles. The number of rotatable bonds is 12. The largest absolute Gasteiger partial charge is 0.481 e. The summed E-state index contributed by atoms with van der Waals surface area (Å²) >= 11 is 0. The highest BCUT2D eigenvalue weighted by atomic mass is 16.5. The summed E-state index contributed by atoms with van der Waals surface area (Å²) < 4.78 is 5.74. The second-order valence-electron chi connectivity index (χ2n) is 7.03. The molecule has 0 radical (unpaired) electrons. The number of carbonyl (C=O) groups is 2. The van der Waals surface area contributed by atoms with Crippen molar-refractivity contribution in [3.63, 3.8) is 0 Å². The Bertz CT molecular complexity index is 765. The van der Waals surface area contributed by atoms with E-state index in [1.807, 2.05) is 78.5 Å². The van der Waals surface area contributed by atoms with E-state index in [1.165, 1.54) is 0 Å². The number of hydrogen-bond donors (Lipinski definition) is 2. The first kappa shape index (κ1) is 22.4. The number of nitrogens with zero attached hydrogens (tertiary/aromatic N) is 2. The van der Waals surface area contributed by atoms with Gasteiger partial charge in [-0.15, -0.1) is 0 Å². The average molecular weight is 399 g/mol. The molecule has 0 spiro atoms. The lowest BCUT2D eigenvalue weighted by Gasteiger charge is -2.19. The van der Waals surface area contributed by atoms with Crippen LogP contribution in [0.4, 0.5) is 5.69 Å². The molecule has 29 heavy (non-hydrogen) atoms. The normalized spacial score (nSPS) is 10.9. The van der Waals surface area contributed by atoms with Gasteiger partial charge in [-0.05, 0) is 70.0 Å². The standard InChI is InChI=1S/C22H29N3O4/c1-24(16-13-22(27)28)14-6-15-25(2)17-21(26)23-18-9-11-20(12-10-18)29-19-7-4-3-5-8-19/h3-5,7-12H,6,13-17H2,1-2H3,(H,23,26)(H,27,28). The van der Waals surface area contributed by atoms with Crippen LogP contribution < -0.4 is 10.1 Å². The van der Waals surface area contributed by atoms with Crippen molar-refractivity contribution in [2.75, 3.05) is 45.6 Å². The topological polar surface area (TPSA) is 82.1 Å². The lowest BCUT2D eigenvalue weighted by Crippen LogP contribution is -2.32. The van der Waals surface area contributed by atoms with Gasteiger partial charge in [0.15, 0.2) is 0 Å². The zero-order valence-corrected chi connectivity index (χ0v) is 17.0. The molecular formula is C22H29N3O4. The van der Waals surface area contributed by atoms with Crippen LogP contribution in [0, 0.1) is 0 Å². The zero-order valence-electron chi connectivity index (χ0n) is 17.0. The number of hydrogen-bond acceptors (Lipinski definition) is 5. The fraction of sp³-hybridized carbons (Fsp3) is 0.364. The molecule has 0 aliphatic carbocycles. The maximum absolute atomic E-state index is 12.2. The minimum atomic E-state index is -0.787. The molecule has 2 aromatic carbocycles. The first-order valence-electron chi connectivity index (χ1n) is 9.64. The fourth-order valence-electron chi connectivity index (χ4n) is 2.76. The molecule has 0 aliphatic heterocycles. The Kier molecular flexibility index (Phi) is 9.14. The van der Waals surface area contributed by atoms with Crippen LogP contribution >= 0.6 is 0 Å². The molecule has 0 aromatic heterocycles. The molecule has 156 valence electrons. The predicted molar refractivity (Wildman–Crippen MR) is 113 cm³/mol. The molecule has 0 aliphatic rings. The van der Waals surface area contributed by atoms with Crippen molar-refractivity contribution in [2.45, 2.75) is 12.8 Å². The smallest absolute Gasteiger partial charge is 0.304 e. The average Bonchev–Trinajstić information content (AvgIpc) is 2.68.